The topological polar surface area (TPSA) is 122 Å². The molecule has 2 N–H and O–H groups in total. The molecule has 68 heavy (non-hydrogen) atoms. The van der Waals surface area contributed by atoms with Crippen molar-refractivity contribution < 1.29 is 38.8 Å². The van der Waals surface area contributed by atoms with Gasteiger partial charge in [-0.05, 0) is 91.0 Å². The largest absolute Gasteiger partial charge is 0.492 e. The highest BCUT2D eigenvalue weighted by Crippen LogP contribution is 2.62. The van der Waals surface area contributed by atoms with E-state index in [1.807, 2.05) is 36.1 Å². The molecule has 1 amide bonds. The number of hydrogen-bond acceptors (Lipinski definition) is 10. The first kappa shape index (κ1) is 51.4. The summed E-state index contributed by atoms with van der Waals surface area (Å²) < 4.78 is 27.6. The number of hydrogen-bond donors (Lipinski definition) is 2. The third-order valence-corrected chi connectivity index (χ3v) is 14.7. The second kappa shape index (κ2) is 26.5. The highest BCUT2D eigenvalue weighted by molar-refractivity contribution is 6.03. The average Bonchev–Trinajstić information content (AvgIpc) is 4.19. The Hall–Kier alpha value is -4.42. The predicted octanol–water partition coefficient (Wildman–Crippen LogP) is 11.7. The Morgan fingerprint density at radius 3 is 2.35 bits per heavy atom. The van der Waals surface area contributed by atoms with Gasteiger partial charge in [0.05, 0.1) is 31.4 Å². The van der Waals surface area contributed by atoms with Gasteiger partial charge in [0.1, 0.15) is 30.8 Å². The van der Waals surface area contributed by atoms with Gasteiger partial charge < -0.3 is 34.0 Å². The number of rotatable bonds is 31. The van der Waals surface area contributed by atoms with Gasteiger partial charge >= 0.3 is 6.09 Å². The maximum atomic E-state index is 15.2. The van der Waals surface area contributed by atoms with Gasteiger partial charge in [-0.3, -0.25) is 9.80 Å². The van der Waals surface area contributed by atoms with Crippen molar-refractivity contribution in [3.05, 3.63) is 96.1 Å². The van der Waals surface area contributed by atoms with Crippen molar-refractivity contribution in [3.8, 4) is 11.5 Å². The number of aliphatic hydroxyl groups excluding tert-OH is 2. The molecule has 0 spiro atoms. The maximum absolute atomic E-state index is 15.2. The molecule has 0 radical (unpaired) electrons. The van der Waals surface area contributed by atoms with E-state index in [-0.39, 0.29) is 44.1 Å². The molecule has 3 aromatic rings. The van der Waals surface area contributed by atoms with Gasteiger partial charge in [0.15, 0.2) is 0 Å². The number of allylic oxidation sites excluding steroid dienone is 1. The van der Waals surface area contributed by atoms with E-state index in [1.165, 1.54) is 44.9 Å². The van der Waals surface area contributed by atoms with Crippen molar-refractivity contribution in [2.75, 3.05) is 59.3 Å². The van der Waals surface area contributed by atoms with Crippen LogP contribution in [0.25, 0.3) is 10.8 Å². The summed E-state index contributed by atoms with van der Waals surface area (Å²) >= 11 is 0. The molecule has 11 nitrogen and oxygen atoms in total. The first-order chi connectivity index (χ1) is 33.5. The molecular weight excluding hydrogens is 855 g/mol. The third-order valence-electron chi connectivity index (χ3n) is 14.7. The number of fused-ring (bicyclic) bond motifs is 3. The number of oxime groups is 1. The fraction of sp³-hybridized carbons (Fsp3) is 0.614. The van der Waals surface area contributed by atoms with Crippen molar-refractivity contribution in [3.63, 3.8) is 0 Å². The van der Waals surface area contributed by atoms with Gasteiger partial charge in [-0.2, -0.15) is 0 Å². The summed E-state index contributed by atoms with van der Waals surface area (Å²) in [6.07, 6.45) is 20.8. The number of nitrogens with zero attached hydrogens (tertiary/aromatic N) is 3. The predicted molar refractivity (Wildman–Crippen MR) is 271 cm³/mol. The number of aliphatic hydroxyl groups is 2. The van der Waals surface area contributed by atoms with Crippen molar-refractivity contribution in [2.24, 2.45) is 22.9 Å². The number of carbonyl (C=O) groups is 1. The summed E-state index contributed by atoms with van der Waals surface area (Å²) in [5.41, 5.74) is 3.82. The Morgan fingerprint density at radius 1 is 0.882 bits per heavy atom. The van der Waals surface area contributed by atoms with Crippen LogP contribution in [0.1, 0.15) is 140 Å². The van der Waals surface area contributed by atoms with E-state index in [1.54, 1.807) is 6.08 Å². The van der Waals surface area contributed by atoms with Crippen LogP contribution in [0.15, 0.2) is 90.1 Å². The Bertz CT molecular complexity index is 2100. The second-order valence-corrected chi connectivity index (χ2v) is 19.4. The van der Waals surface area contributed by atoms with Crippen LogP contribution in [-0.2, 0) is 20.9 Å². The Balaban J connectivity index is 1.31. The average molecular weight is 936 g/mol. The lowest BCUT2D eigenvalue weighted by Gasteiger charge is -2.60. The zero-order valence-electron chi connectivity index (χ0n) is 41.3. The Kier molecular flexibility index (Phi) is 20.1. The van der Waals surface area contributed by atoms with E-state index in [2.05, 4.69) is 60.9 Å². The van der Waals surface area contributed by atoms with Crippen LogP contribution in [-0.4, -0.2) is 103 Å². The molecule has 2 aliphatic heterocycles. The van der Waals surface area contributed by atoms with Gasteiger partial charge in [0.25, 0.3) is 0 Å². The van der Waals surface area contributed by atoms with Gasteiger partial charge in [-0.15, -0.1) is 6.58 Å². The van der Waals surface area contributed by atoms with E-state index in [0.29, 0.717) is 44.8 Å². The van der Waals surface area contributed by atoms with Gasteiger partial charge in [0, 0.05) is 50.8 Å². The molecule has 2 heterocycles. The monoisotopic (exact) mass is 936 g/mol. The van der Waals surface area contributed by atoms with Crippen LogP contribution >= 0.6 is 0 Å². The highest BCUT2D eigenvalue weighted by Gasteiger charge is 2.65. The molecule has 3 aromatic carbocycles. The SMILES string of the molecule is C=CCO[C@@]12Oc3ccc(OCCN4CC4)cc3[C@H]3[C@H](CCCCO)[C@@H](CCCCO)C=C(C(=NOCC)C[C@@H]1N(Cc1cccc4ccccc14)C(=O)OCCCCCCCCCCCC)[C@H]32. The van der Waals surface area contributed by atoms with E-state index < -0.39 is 23.8 Å². The molecule has 1 saturated heterocycles. The lowest BCUT2D eigenvalue weighted by Crippen LogP contribution is -2.70. The fourth-order valence-corrected chi connectivity index (χ4v) is 11.2. The number of unbranched alkanes of at least 4 members (excludes halogenated alkanes) is 11. The summed E-state index contributed by atoms with van der Waals surface area (Å²) in [5, 5.41) is 27.1. The summed E-state index contributed by atoms with van der Waals surface area (Å²) in [4.78, 5) is 25.4. The molecular formula is C57H81N3O8. The quantitative estimate of drug-likeness (QED) is 0.0281. The maximum Gasteiger partial charge on any atom is 0.410 e. The summed E-state index contributed by atoms with van der Waals surface area (Å²) in [6.45, 7) is 13.4. The lowest BCUT2D eigenvalue weighted by molar-refractivity contribution is -0.256. The summed E-state index contributed by atoms with van der Waals surface area (Å²) in [5.74, 6) is -0.218. The number of carbonyl (C=O) groups excluding carboxylic acids is 1. The summed E-state index contributed by atoms with van der Waals surface area (Å²) in [7, 11) is 0. The molecule has 1 saturated carbocycles. The minimum absolute atomic E-state index is 0.109. The highest BCUT2D eigenvalue weighted by atomic mass is 16.7. The van der Waals surface area contributed by atoms with Gasteiger partial charge in [-0.1, -0.05) is 137 Å². The smallest absolute Gasteiger partial charge is 0.410 e. The third kappa shape index (κ3) is 13.1. The number of amides is 1. The van der Waals surface area contributed by atoms with Gasteiger partial charge in [0.2, 0.25) is 5.79 Å². The second-order valence-electron chi connectivity index (χ2n) is 19.4. The van der Waals surface area contributed by atoms with Crippen LogP contribution in [0.5, 0.6) is 11.5 Å². The Morgan fingerprint density at radius 2 is 1.62 bits per heavy atom. The number of ether oxygens (including phenoxy) is 4. The first-order valence-electron chi connectivity index (χ1n) is 26.4. The molecule has 6 atom stereocenters. The zero-order valence-corrected chi connectivity index (χ0v) is 41.3. The lowest BCUT2D eigenvalue weighted by atomic mass is 9.55. The van der Waals surface area contributed by atoms with Crippen LogP contribution in [0, 0.1) is 17.8 Å². The molecule has 2 aliphatic carbocycles. The van der Waals surface area contributed by atoms with Crippen LogP contribution in [0.2, 0.25) is 0 Å². The van der Waals surface area contributed by atoms with E-state index in [4.69, 9.17) is 28.9 Å². The van der Waals surface area contributed by atoms with E-state index >= 15 is 4.79 Å². The minimum Gasteiger partial charge on any atom is -0.492 e. The van der Waals surface area contributed by atoms with Crippen molar-refractivity contribution in [2.45, 2.75) is 147 Å². The van der Waals surface area contributed by atoms with Crippen molar-refractivity contribution >= 4 is 22.6 Å². The molecule has 7 rings (SSSR count). The first-order valence-corrected chi connectivity index (χ1v) is 26.4. The van der Waals surface area contributed by atoms with Crippen molar-refractivity contribution in [1.82, 2.24) is 9.80 Å². The molecule has 2 fully saturated rings. The fourth-order valence-electron chi connectivity index (χ4n) is 11.2. The van der Waals surface area contributed by atoms with E-state index in [9.17, 15) is 10.2 Å². The number of benzene rings is 3. The Labute approximate surface area is 406 Å². The summed E-state index contributed by atoms with van der Waals surface area (Å²) in [6, 6.07) is 20.1. The standard InChI is InChI=1S/C57H81N3O8/c1-4-7-8-9-10-11-12-13-14-21-37-65-56(63)60(42-45-26-22-25-43-23-15-16-27-47(43)45)53-41-51(58-67-6-3)49-39-44(24-17-19-34-61)48(28-18-20-35-62)54-50-40-46(64-38-33-59-31-32-59)29-30-52(50)68-57(53,55(49)54)66-36-5-2/h5,15-16,22-23,25-27,29-30,39-40,44,48,53-55,61-62H,2,4,6-14,17-21,24,28,31-38,41-42H2,1,3H3/t44-,48+,53-,54+,55+,57+/m0/s1. The van der Waals surface area contributed by atoms with E-state index in [0.717, 1.165) is 104 Å². The minimum atomic E-state index is -1.39. The van der Waals surface area contributed by atoms with Crippen LogP contribution in [0.3, 0.4) is 0 Å². The molecule has 4 aliphatic rings. The molecule has 372 valence electrons. The zero-order chi connectivity index (χ0) is 47.6. The van der Waals surface area contributed by atoms with Gasteiger partial charge in [-0.25, -0.2) is 4.79 Å². The normalized spacial score (nSPS) is 23.3. The molecule has 0 bridgehead atoms. The van der Waals surface area contributed by atoms with Crippen LogP contribution < -0.4 is 9.47 Å². The van der Waals surface area contributed by atoms with Crippen LogP contribution in [0.4, 0.5) is 4.79 Å². The molecule has 0 unspecified atom stereocenters. The molecule has 0 aromatic heterocycles. The van der Waals surface area contributed by atoms with Crippen molar-refractivity contribution in [1.29, 1.82) is 0 Å². The molecule has 11 heteroatoms.